The van der Waals surface area contributed by atoms with Gasteiger partial charge in [-0.15, -0.1) is 0 Å². The summed E-state index contributed by atoms with van der Waals surface area (Å²) in [5.74, 6) is 0. The second-order valence-electron chi connectivity index (χ2n) is 12.4. The van der Waals surface area contributed by atoms with Crippen molar-refractivity contribution in [3.63, 3.8) is 0 Å². The second-order valence-corrected chi connectivity index (χ2v) is 12.4. The van der Waals surface area contributed by atoms with E-state index in [4.69, 9.17) is 4.98 Å². The highest BCUT2D eigenvalue weighted by atomic mass is 14.7. The fraction of sp³-hybridized carbons (Fsp3) is 0.0667. The molecule has 0 fully saturated rings. The van der Waals surface area contributed by atoms with Crippen LogP contribution in [0.3, 0.4) is 0 Å². The molecular formula is C45H32N2. The molecule has 2 heteroatoms. The van der Waals surface area contributed by atoms with Gasteiger partial charge in [-0.25, -0.2) is 0 Å². The molecule has 0 amide bonds. The Bertz CT molecular complexity index is 2490. The second kappa shape index (κ2) is 11.5. The zero-order valence-electron chi connectivity index (χ0n) is 26.0. The maximum absolute atomic E-state index is 4.71. The van der Waals surface area contributed by atoms with Gasteiger partial charge in [0.15, 0.2) is 0 Å². The Morgan fingerprint density at radius 1 is 0.447 bits per heavy atom. The third kappa shape index (κ3) is 4.81. The maximum Gasteiger partial charge on any atom is 0.0970 e. The number of fused-ring (bicyclic) bond motifs is 8. The molecule has 0 radical (unpaired) electrons. The van der Waals surface area contributed by atoms with E-state index in [1.807, 2.05) is 24.5 Å². The van der Waals surface area contributed by atoms with Crippen LogP contribution in [0.1, 0.15) is 29.5 Å². The van der Waals surface area contributed by atoms with Crippen molar-refractivity contribution < 1.29 is 0 Å². The lowest BCUT2D eigenvalue weighted by molar-refractivity contribution is 0.846. The molecule has 0 aliphatic heterocycles. The Hall–Kier alpha value is -5.86. The molecule has 2 aromatic heterocycles. The van der Waals surface area contributed by atoms with Crippen molar-refractivity contribution in [2.24, 2.45) is 0 Å². The molecule has 8 aromatic rings. The lowest BCUT2D eigenvalue weighted by Gasteiger charge is -2.19. The summed E-state index contributed by atoms with van der Waals surface area (Å²) in [4.78, 5) is 9.34. The standard InChI is InChI=1S/C45H32N2/c1-4-16-37(40-25-24-32-12-3-6-18-39(32)43(40)38-17-5-2-11-31(38)10-1)35-14-7-13-34(28-35)30-20-22-33(23-21-30)42-29-36-15-8-26-46-44(36)45-41(42)19-9-27-47-45/h2-3,5-9,11-29H,1,4,10H2/b37-16-. The minimum Gasteiger partial charge on any atom is -0.254 e. The first kappa shape index (κ1) is 27.5. The van der Waals surface area contributed by atoms with Gasteiger partial charge in [-0.05, 0) is 110 Å². The third-order valence-electron chi connectivity index (χ3n) is 9.67. The number of allylic oxidation sites excluding steroid dienone is 1. The number of hydrogen-bond donors (Lipinski definition) is 0. The van der Waals surface area contributed by atoms with Crippen molar-refractivity contribution in [2.75, 3.05) is 0 Å². The number of pyridine rings is 2. The topological polar surface area (TPSA) is 25.8 Å². The fourth-order valence-electron chi connectivity index (χ4n) is 7.41. The first-order valence-electron chi connectivity index (χ1n) is 16.5. The largest absolute Gasteiger partial charge is 0.254 e. The molecule has 47 heavy (non-hydrogen) atoms. The highest BCUT2D eigenvalue weighted by Crippen LogP contribution is 2.42. The van der Waals surface area contributed by atoms with Crippen molar-refractivity contribution in [2.45, 2.75) is 19.3 Å². The van der Waals surface area contributed by atoms with Crippen molar-refractivity contribution in [1.82, 2.24) is 9.97 Å². The van der Waals surface area contributed by atoms with E-state index in [-0.39, 0.29) is 0 Å². The van der Waals surface area contributed by atoms with Gasteiger partial charge in [0.1, 0.15) is 0 Å². The van der Waals surface area contributed by atoms with E-state index in [0.717, 1.165) is 41.1 Å². The summed E-state index contributed by atoms with van der Waals surface area (Å²) < 4.78 is 0. The van der Waals surface area contributed by atoms with Gasteiger partial charge in [0, 0.05) is 23.2 Å². The van der Waals surface area contributed by atoms with E-state index < -0.39 is 0 Å². The van der Waals surface area contributed by atoms with Crippen LogP contribution in [0.4, 0.5) is 0 Å². The molecule has 1 aliphatic rings. The van der Waals surface area contributed by atoms with Gasteiger partial charge in [-0.2, -0.15) is 0 Å². The third-order valence-corrected chi connectivity index (χ3v) is 9.67. The SMILES string of the molecule is C1=C(/c2cccc(-c3ccc(-c4cc5cccnc5c5ncccc45)cc3)c2)c2ccc3ccccc3c2-c2ccccc2CCC/1. The molecule has 2 nitrogen and oxygen atoms in total. The zero-order chi connectivity index (χ0) is 31.2. The van der Waals surface area contributed by atoms with Gasteiger partial charge in [-0.1, -0.05) is 121 Å². The molecule has 0 N–H and O–H groups in total. The summed E-state index contributed by atoms with van der Waals surface area (Å²) in [6, 6.07) is 51.0. The molecule has 2 heterocycles. The molecule has 0 spiro atoms. The lowest BCUT2D eigenvalue weighted by Crippen LogP contribution is -1.96. The number of hydrogen-bond acceptors (Lipinski definition) is 2. The van der Waals surface area contributed by atoms with E-state index in [1.54, 1.807) is 0 Å². The van der Waals surface area contributed by atoms with E-state index in [2.05, 4.69) is 138 Å². The number of benzene rings is 6. The first-order valence-corrected chi connectivity index (χ1v) is 16.5. The molecule has 0 saturated heterocycles. The Morgan fingerprint density at radius 2 is 1.19 bits per heavy atom. The average Bonchev–Trinajstić information content (AvgIpc) is 3.22. The summed E-state index contributed by atoms with van der Waals surface area (Å²) >= 11 is 0. The Labute approximate surface area is 274 Å². The highest BCUT2D eigenvalue weighted by Gasteiger charge is 2.19. The molecule has 0 bridgehead atoms. The normalized spacial score (nSPS) is 14.1. The van der Waals surface area contributed by atoms with Gasteiger partial charge in [0.25, 0.3) is 0 Å². The molecule has 0 atom stereocenters. The van der Waals surface area contributed by atoms with E-state index in [0.29, 0.717) is 0 Å². The van der Waals surface area contributed by atoms with E-state index >= 15 is 0 Å². The predicted molar refractivity (Wildman–Crippen MR) is 197 cm³/mol. The molecule has 6 aromatic carbocycles. The van der Waals surface area contributed by atoms with Crippen LogP contribution < -0.4 is 0 Å². The van der Waals surface area contributed by atoms with Crippen LogP contribution in [-0.2, 0) is 6.42 Å². The average molecular weight is 601 g/mol. The Balaban J connectivity index is 1.14. The van der Waals surface area contributed by atoms with Gasteiger partial charge in [-0.3, -0.25) is 9.97 Å². The van der Waals surface area contributed by atoms with Gasteiger partial charge in [0.2, 0.25) is 0 Å². The number of aromatic nitrogens is 2. The highest BCUT2D eigenvalue weighted by molar-refractivity contribution is 6.10. The van der Waals surface area contributed by atoms with Crippen molar-refractivity contribution in [1.29, 1.82) is 0 Å². The van der Waals surface area contributed by atoms with Crippen molar-refractivity contribution >= 4 is 38.2 Å². The van der Waals surface area contributed by atoms with Crippen LogP contribution in [0.2, 0.25) is 0 Å². The minimum absolute atomic E-state index is 0.941. The quantitative estimate of drug-likeness (QED) is 0.189. The van der Waals surface area contributed by atoms with E-state index in [1.165, 1.54) is 66.4 Å². The smallest absolute Gasteiger partial charge is 0.0970 e. The minimum atomic E-state index is 0.941. The zero-order valence-corrected chi connectivity index (χ0v) is 26.0. The first-order chi connectivity index (χ1) is 23.3. The van der Waals surface area contributed by atoms with Crippen LogP contribution in [0.15, 0.2) is 158 Å². The predicted octanol–water partition coefficient (Wildman–Crippen LogP) is 11.7. The number of aryl methyl sites for hydroxylation is 1. The summed E-state index contributed by atoms with van der Waals surface area (Å²) in [5.41, 5.74) is 14.6. The lowest BCUT2D eigenvalue weighted by atomic mass is 9.85. The summed E-state index contributed by atoms with van der Waals surface area (Å²) in [6.07, 6.45) is 9.40. The summed E-state index contributed by atoms with van der Waals surface area (Å²) in [6.45, 7) is 0. The monoisotopic (exact) mass is 600 g/mol. The van der Waals surface area contributed by atoms with Crippen LogP contribution in [0.25, 0.3) is 71.5 Å². The fourth-order valence-corrected chi connectivity index (χ4v) is 7.41. The van der Waals surface area contributed by atoms with Crippen molar-refractivity contribution in [3.05, 3.63) is 175 Å². The van der Waals surface area contributed by atoms with Gasteiger partial charge >= 0.3 is 0 Å². The molecular weight excluding hydrogens is 569 g/mol. The van der Waals surface area contributed by atoms with Crippen LogP contribution in [-0.4, -0.2) is 9.97 Å². The molecule has 0 saturated carbocycles. The molecule has 1 aliphatic carbocycles. The number of rotatable bonds is 3. The molecule has 9 rings (SSSR count). The van der Waals surface area contributed by atoms with Crippen LogP contribution in [0, 0.1) is 0 Å². The Morgan fingerprint density at radius 3 is 2.13 bits per heavy atom. The maximum atomic E-state index is 4.71. The van der Waals surface area contributed by atoms with Crippen molar-refractivity contribution in [3.8, 4) is 33.4 Å². The summed E-state index contributed by atoms with van der Waals surface area (Å²) in [7, 11) is 0. The Kier molecular flexibility index (Phi) is 6.71. The van der Waals surface area contributed by atoms with E-state index in [9.17, 15) is 0 Å². The van der Waals surface area contributed by atoms with Crippen LogP contribution in [0.5, 0.6) is 0 Å². The van der Waals surface area contributed by atoms with Gasteiger partial charge < -0.3 is 0 Å². The van der Waals surface area contributed by atoms with Crippen LogP contribution >= 0.6 is 0 Å². The number of nitrogens with zero attached hydrogens (tertiary/aromatic N) is 2. The molecule has 222 valence electrons. The summed E-state index contributed by atoms with van der Waals surface area (Å²) in [5, 5.41) is 4.81. The van der Waals surface area contributed by atoms with Gasteiger partial charge in [0.05, 0.1) is 11.0 Å². The molecule has 0 unspecified atom stereocenters.